The van der Waals surface area contributed by atoms with Crippen molar-refractivity contribution < 1.29 is 23.9 Å². The molecule has 1 aromatic heterocycles. The third kappa shape index (κ3) is 4.81. The van der Waals surface area contributed by atoms with Gasteiger partial charge in [0.15, 0.2) is 0 Å². The minimum absolute atomic E-state index is 0.0932. The van der Waals surface area contributed by atoms with Crippen LogP contribution in [0.2, 0.25) is 0 Å². The Balaban J connectivity index is 1.71. The fourth-order valence-corrected chi connectivity index (χ4v) is 3.92. The minimum Gasteiger partial charge on any atom is -0.497 e. The normalized spacial score (nSPS) is 15.1. The molecule has 0 saturated carbocycles. The molecule has 2 aromatic rings. The van der Waals surface area contributed by atoms with Crippen molar-refractivity contribution in [3.63, 3.8) is 0 Å². The van der Waals surface area contributed by atoms with Gasteiger partial charge in [0.2, 0.25) is 5.91 Å². The lowest BCUT2D eigenvalue weighted by Crippen LogP contribution is -2.57. The zero-order chi connectivity index (χ0) is 23.4. The third-order valence-corrected chi connectivity index (χ3v) is 5.82. The van der Waals surface area contributed by atoms with Crippen LogP contribution in [0.25, 0.3) is 10.9 Å². The second-order valence-corrected chi connectivity index (χ2v) is 8.22. The van der Waals surface area contributed by atoms with Gasteiger partial charge in [-0.05, 0) is 37.1 Å². The Morgan fingerprint density at radius 1 is 1.06 bits per heavy atom. The highest BCUT2D eigenvalue weighted by Gasteiger charge is 2.32. The number of nitrogens with zero attached hydrogens (tertiary/aromatic N) is 3. The van der Waals surface area contributed by atoms with Gasteiger partial charge in [-0.2, -0.15) is 0 Å². The second kappa shape index (κ2) is 9.93. The zero-order valence-electron chi connectivity index (χ0n) is 19.4. The molecule has 2 heterocycles. The number of fused-ring (bicyclic) bond motifs is 1. The van der Waals surface area contributed by atoms with Crippen LogP contribution in [0.15, 0.2) is 24.3 Å². The molecule has 0 aliphatic carbocycles. The van der Waals surface area contributed by atoms with E-state index in [-0.39, 0.29) is 23.8 Å². The molecule has 1 N–H and O–H groups in total. The van der Waals surface area contributed by atoms with Crippen molar-refractivity contribution in [3.8, 4) is 5.75 Å². The Labute approximate surface area is 188 Å². The lowest BCUT2D eigenvalue weighted by molar-refractivity contribution is -0.135. The maximum atomic E-state index is 13.2. The van der Waals surface area contributed by atoms with Crippen molar-refractivity contribution >= 4 is 28.8 Å². The number of aromatic nitrogens is 1. The molecular formula is C23H32N4O5. The lowest BCUT2D eigenvalue weighted by Gasteiger charge is -2.36. The number of ether oxygens (including phenoxy) is 2. The third-order valence-electron chi connectivity index (χ3n) is 5.82. The van der Waals surface area contributed by atoms with Crippen molar-refractivity contribution in [2.45, 2.75) is 26.8 Å². The van der Waals surface area contributed by atoms with Crippen LogP contribution in [0.5, 0.6) is 5.75 Å². The zero-order valence-corrected chi connectivity index (χ0v) is 19.4. The summed E-state index contributed by atoms with van der Waals surface area (Å²) >= 11 is 0. The summed E-state index contributed by atoms with van der Waals surface area (Å²) in [7, 11) is 3.42. The average molecular weight is 445 g/mol. The number of hydrogen-bond donors (Lipinski definition) is 1. The molecule has 32 heavy (non-hydrogen) atoms. The monoisotopic (exact) mass is 444 g/mol. The van der Waals surface area contributed by atoms with E-state index in [0.29, 0.717) is 44.2 Å². The Kier molecular flexibility index (Phi) is 7.27. The first-order valence-corrected chi connectivity index (χ1v) is 10.9. The van der Waals surface area contributed by atoms with Crippen LogP contribution in [0.4, 0.5) is 4.79 Å². The highest BCUT2D eigenvalue weighted by molar-refractivity contribution is 6.01. The van der Waals surface area contributed by atoms with Gasteiger partial charge in [-0.15, -0.1) is 0 Å². The molecule has 9 heteroatoms. The van der Waals surface area contributed by atoms with Gasteiger partial charge in [-0.25, -0.2) is 4.79 Å². The van der Waals surface area contributed by atoms with Crippen LogP contribution >= 0.6 is 0 Å². The van der Waals surface area contributed by atoms with Crippen LogP contribution in [0.3, 0.4) is 0 Å². The molecule has 0 bridgehead atoms. The first-order valence-electron chi connectivity index (χ1n) is 10.9. The Hall–Kier alpha value is -3.23. The molecule has 9 nitrogen and oxygen atoms in total. The molecule has 1 aliphatic rings. The largest absolute Gasteiger partial charge is 0.497 e. The van der Waals surface area contributed by atoms with Gasteiger partial charge in [0, 0.05) is 44.1 Å². The maximum absolute atomic E-state index is 13.2. The van der Waals surface area contributed by atoms with Crippen LogP contribution < -0.4 is 10.1 Å². The first-order chi connectivity index (χ1) is 15.3. The van der Waals surface area contributed by atoms with Crippen LogP contribution in [0.1, 0.15) is 31.3 Å². The molecule has 3 amide bonds. The minimum atomic E-state index is -0.663. The quantitative estimate of drug-likeness (QED) is 0.738. The number of hydrogen-bond acceptors (Lipinski definition) is 5. The van der Waals surface area contributed by atoms with Gasteiger partial charge in [-0.1, -0.05) is 13.8 Å². The second-order valence-electron chi connectivity index (χ2n) is 8.22. The van der Waals surface area contributed by atoms with Gasteiger partial charge >= 0.3 is 6.09 Å². The summed E-state index contributed by atoms with van der Waals surface area (Å²) in [6.07, 6.45) is -0.360. The molecule has 1 atom stereocenters. The van der Waals surface area contributed by atoms with Crippen LogP contribution in [-0.4, -0.2) is 78.2 Å². The number of benzene rings is 1. The predicted molar refractivity (Wildman–Crippen MR) is 121 cm³/mol. The predicted octanol–water partition coefficient (Wildman–Crippen LogP) is 2.24. The van der Waals surface area contributed by atoms with E-state index in [1.165, 1.54) is 0 Å². The van der Waals surface area contributed by atoms with E-state index >= 15 is 0 Å². The molecule has 174 valence electrons. The van der Waals surface area contributed by atoms with E-state index in [4.69, 9.17) is 9.47 Å². The summed E-state index contributed by atoms with van der Waals surface area (Å²) in [6, 6.07) is 6.76. The fraction of sp³-hybridized carbons (Fsp3) is 0.522. The van der Waals surface area contributed by atoms with E-state index in [0.717, 1.165) is 10.9 Å². The lowest BCUT2D eigenvalue weighted by atomic mass is 10.0. The molecule has 3 rings (SSSR count). The number of aryl methyl sites for hydroxylation is 1. The number of nitrogens with one attached hydrogen (secondary N) is 1. The number of methoxy groups -OCH3 is 1. The van der Waals surface area contributed by atoms with E-state index in [9.17, 15) is 14.4 Å². The highest BCUT2D eigenvalue weighted by atomic mass is 16.6. The molecular weight excluding hydrogens is 412 g/mol. The SMILES string of the molecule is CCOC(=O)N1CCN(C(=O)[C@@H](NC(=O)c2cc3cc(OC)ccc3n2C)C(C)C)CC1. The number of rotatable bonds is 6. The van der Waals surface area contributed by atoms with Crippen molar-refractivity contribution in [3.05, 3.63) is 30.0 Å². The topological polar surface area (TPSA) is 93.1 Å². The van der Waals surface area contributed by atoms with Crippen LogP contribution in [0, 0.1) is 5.92 Å². The van der Waals surface area contributed by atoms with Gasteiger partial charge < -0.3 is 29.2 Å². The summed E-state index contributed by atoms with van der Waals surface area (Å²) < 4.78 is 12.1. The summed E-state index contributed by atoms with van der Waals surface area (Å²) in [4.78, 5) is 41.5. The Morgan fingerprint density at radius 2 is 1.72 bits per heavy atom. The number of piperazine rings is 1. The Bertz CT molecular complexity index is 992. The molecule has 1 aromatic carbocycles. The molecule has 0 radical (unpaired) electrons. The molecule has 1 fully saturated rings. The van der Waals surface area contributed by atoms with Crippen molar-refractivity contribution in [2.75, 3.05) is 39.9 Å². The maximum Gasteiger partial charge on any atom is 0.409 e. The average Bonchev–Trinajstić information content (AvgIpc) is 3.12. The number of carbonyl (C=O) groups excluding carboxylic acids is 3. The van der Waals surface area contributed by atoms with Gasteiger partial charge in [-0.3, -0.25) is 9.59 Å². The highest BCUT2D eigenvalue weighted by Crippen LogP contribution is 2.24. The number of amides is 3. The number of carbonyl (C=O) groups is 3. The van der Waals surface area contributed by atoms with Gasteiger partial charge in [0.1, 0.15) is 17.5 Å². The first kappa shape index (κ1) is 23.4. The summed E-state index contributed by atoms with van der Waals surface area (Å²) in [5.41, 5.74) is 1.37. The van der Waals surface area contributed by atoms with E-state index in [1.54, 1.807) is 29.9 Å². The summed E-state index contributed by atoms with van der Waals surface area (Å²) in [5.74, 6) is 0.175. The molecule has 1 aliphatic heterocycles. The summed E-state index contributed by atoms with van der Waals surface area (Å²) in [6.45, 7) is 7.53. The van der Waals surface area contributed by atoms with Crippen LogP contribution in [-0.2, 0) is 16.6 Å². The molecule has 0 spiro atoms. The summed E-state index contributed by atoms with van der Waals surface area (Å²) in [5, 5.41) is 3.82. The van der Waals surface area contributed by atoms with Gasteiger partial charge in [0.25, 0.3) is 5.91 Å². The molecule has 0 unspecified atom stereocenters. The van der Waals surface area contributed by atoms with E-state index in [2.05, 4.69) is 5.32 Å². The molecule has 1 saturated heterocycles. The van der Waals surface area contributed by atoms with Gasteiger partial charge in [0.05, 0.1) is 13.7 Å². The van der Waals surface area contributed by atoms with Crippen molar-refractivity contribution in [1.29, 1.82) is 0 Å². The standard InChI is InChI=1S/C23H32N4O5/c1-6-32-23(30)27-11-9-26(10-12-27)22(29)20(15(2)3)24-21(28)19-14-16-13-17(31-5)7-8-18(16)25(19)4/h7-8,13-15,20H,6,9-12H2,1-5H3,(H,24,28)/t20-/m0/s1. The van der Waals surface area contributed by atoms with E-state index < -0.39 is 6.04 Å². The Morgan fingerprint density at radius 3 is 2.31 bits per heavy atom. The van der Waals surface area contributed by atoms with E-state index in [1.807, 2.05) is 43.7 Å². The van der Waals surface area contributed by atoms with Crippen molar-refractivity contribution in [2.24, 2.45) is 13.0 Å². The smallest absolute Gasteiger partial charge is 0.409 e. The fourth-order valence-electron chi connectivity index (χ4n) is 3.92. The van der Waals surface area contributed by atoms with Crippen molar-refractivity contribution in [1.82, 2.24) is 19.7 Å².